The molecule has 174 valence electrons. The first-order valence-electron chi connectivity index (χ1n) is 11.0. The molecule has 0 aromatic rings. The van der Waals surface area contributed by atoms with E-state index in [2.05, 4.69) is 5.32 Å². The normalized spacial score (nSPS) is 19.3. The van der Waals surface area contributed by atoms with E-state index in [0.717, 1.165) is 19.3 Å². The average molecular weight is 428 g/mol. The van der Waals surface area contributed by atoms with E-state index >= 15 is 0 Å². The van der Waals surface area contributed by atoms with Crippen LogP contribution in [0.25, 0.3) is 0 Å². The fraction of sp³-hybridized carbons (Fsp3) is 0.864. The highest BCUT2D eigenvalue weighted by molar-refractivity contribution is 5.88. The molecule has 1 amide bonds. The summed E-state index contributed by atoms with van der Waals surface area (Å²) in [5.74, 6) is -0.979. The van der Waals surface area contributed by atoms with E-state index in [9.17, 15) is 14.4 Å². The first-order chi connectivity index (χ1) is 13.7. The Hall–Kier alpha value is -1.67. The Labute approximate surface area is 181 Å². The van der Waals surface area contributed by atoms with Crippen molar-refractivity contribution in [3.05, 3.63) is 0 Å². The summed E-state index contributed by atoms with van der Waals surface area (Å²) in [7, 11) is 0. The van der Waals surface area contributed by atoms with Gasteiger partial charge in [-0.1, -0.05) is 6.42 Å². The number of rotatable bonds is 9. The summed E-state index contributed by atoms with van der Waals surface area (Å²) in [6, 6.07) is -1.83. The fourth-order valence-corrected chi connectivity index (χ4v) is 3.40. The molecule has 8 nitrogen and oxygen atoms in total. The Bertz CT molecular complexity index is 595. The predicted molar refractivity (Wildman–Crippen MR) is 116 cm³/mol. The van der Waals surface area contributed by atoms with Crippen molar-refractivity contribution >= 4 is 17.8 Å². The van der Waals surface area contributed by atoms with Gasteiger partial charge in [0.25, 0.3) is 0 Å². The van der Waals surface area contributed by atoms with Crippen molar-refractivity contribution in [2.45, 2.75) is 110 Å². The maximum Gasteiger partial charge on any atom is 0.329 e. The van der Waals surface area contributed by atoms with Gasteiger partial charge in [-0.05, 0) is 80.7 Å². The number of carbonyl (C=O) groups excluding carboxylic acids is 3. The van der Waals surface area contributed by atoms with Crippen molar-refractivity contribution in [2.24, 2.45) is 5.73 Å². The molecule has 30 heavy (non-hydrogen) atoms. The van der Waals surface area contributed by atoms with Crippen molar-refractivity contribution in [1.29, 1.82) is 0 Å². The molecule has 8 heteroatoms. The molecule has 0 aromatic heterocycles. The Morgan fingerprint density at radius 1 is 1.07 bits per heavy atom. The number of amides is 1. The van der Waals surface area contributed by atoms with Crippen LogP contribution in [-0.2, 0) is 23.9 Å². The number of unbranched alkanes of at least 4 members (excludes halogenated alkanes) is 1. The van der Waals surface area contributed by atoms with Crippen LogP contribution in [0.4, 0.5) is 0 Å². The molecule has 1 aliphatic heterocycles. The third-order valence-corrected chi connectivity index (χ3v) is 4.67. The average Bonchev–Trinajstić information content (AvgIpc) is 3.07. The molecule has 1 rings (SSSR count). The highest BCUT2D eigenvalue weighted by atomic mass is 16.6. The Balaban J connectivity index is 2.83. The summed E-state index contributed by atoms with van der Waals surface area (Å²) in [5, 5.41) is 3.12. The zero-order valence-electron chi connectivity index (χ0n) is 19.7. The zero-order valence-corrected chi connectivity index (χ0v) is 19.7. The van der Waals surface area contributed by atoms with Crippen LogP contribution in [0.5, 0.6) is 0 Å². The van der Waals surface area contributed by atoms with Gasteiger partial charge in [0.2, 0.25) is 5.91 Å². The Morgan fingerprint density at radius 3 is 2.20 bits per heavy atom. The summed E-state index contributed by atoms with van der Waals surface area (Å²) >= 11 is 0. The molecular weight excluding hydrogens is 386 g/mol. The van der Waals surface area contributed by atoms with Gasteiger partial charge in [-0.2, -0.15) is 0 Å². The van der Waals surface area contributed by atoms with Gasteiger partial charge in [0, 0.05) is 6.54 Å². The quantitative estimate of drug-likeness (QED) is 0.428. The Morgan fingerprint density at radius 2 is 1.67 bits per heavy atom. The van der Waals surface area contributed by atoms with Crippen molar-refractivity contribution in [2.75, 3.05) is 13.1 Å². The lowest BCUT2D eigenvalue weighted by atomic mass is 10.1. The van der Waals surface area contributed by atoms with Crippen molar-refractivity contribution in [1.82, 2.24) is 10.2 Å². The van der Waals surface area contributed by atoms with E-state index in [1.54, 1.807) is 11.8 Å². The van der Waals surface area contributed by atoms with Gasteiger partial charge in [0.15, 0.2) is 0 Å². The number of nitrogens with one attached hydrogen (secondary N) is 1. The van der Waals surface area contributed by atoms with Crippen molar-refractivity contribution < 1.29 is 23.9 Å². The van der Waals surface area contributed by atoms with Crippen molar-refractivity contribution in [3.8, 4) is 0 Å². The van der Waals surface area contributed by atoms with Crippen LogP contribution in [0, 0.1) is 0 Å². The van der Waals surface area contributed by atoms with E-state index in [-0.39, 0.29) is 17.8 Å². The third kappa shape index (κ3) is 9.00. The number of hydrogen-bond donors (Lipinski definition) is 2. The minimum Gasteiger partial charge on any atom is -0.459 e. The largest absolute Gasteiger partial charge is 0.459 e. The highest BCUT2D eigenvalue weighted by Gasteiger charge is 2.39. The zero-order chi connectivity index (χ0) is 23.1. The molecule has 3 atom stereocenters. The number of nitrogens with zero attached hydrogens (tertiary/aromatic N) is 1. The van der Waals surface area contributed by atoms with E-state index < -0.39 is 29.3 Å². The van der Waals surface area contributed by atoms with Gasteiger partial charge >= 0.3 is 11.9 Å². The van der Waals surface area contributed by atoms with Crippen LogP contribution >= 0.6 is 0 Å². The maximum absolute atomic E-state index is 13.1. The van der Waals surface area contributed by atoms with Gasteiger partial charge in [0.05, 0.1) is 6.04 Å². The predicted octanol–water partition coefficient (Wildman–Crippen LogP) is 2.14. The summed E-state index contributed by atoms with van der Waals surface area (Å²) in [6.07, 6.45) is 3.39. The molecule has 2 unspecified atom stereocenters. The SMILES string of the molecule is CC(NC(CCCCN)C(=O)OC(C)(C)C)C(=O)N1CCC[C@H]1C(=O)OC(C)(C)C. The highest BCUT2D eigenvalue weighted by Crippen LogP contribution is 2.22. The number of carbonyl (C=O) groups is 3. The summed E-state index contributed by atoms with van der Waals surface area (Å²) < 4.78 is 11.0. The second kappa shape index (κ2) is 11.1. The third-order valence-electron chi connectivity index (χ3n) is 4.67. The van der Waals surface area contributed by atoms with Crippen LogP contribution in [0.3, 0.4) is 0 Å². The first-order valence-corrected chi connectivity index (χ1v) is 11.0. The van der Waals surface area contributed by atoms with E-state index in [1.807, 2.05) is 41.5 Å². The van der Waals surface area contributed by atoms with E-state index in [4.69, 9.17) is 15.2 Å². The second-order valence-electron chi connectivity index (χ2n) is 9.98. The molecule has 0 saturated carbocycles. The number of hydrogen-bond acceptors (Lipinski definition) is 7. The van der Waals surface area contributed by atoms with Crippen LogP contribution in [0.15, 0.2) is 0 Å². The molecule has 1 heterocycles. The monoisotopic (exact) mass is 427 g/mol. The van der Waals surface area contributed by atoms with Crippen molar-refractivity contribution in [3.63, 3.8) is 0 Å². The molecule has 3 N–H and O–H groups in total. The van der Waals surface area contributed by atoms with Gasteiger partial charge in [-0.15, -0.1) is 0 Å². The standard InChI is InChI=1S/C22H41N3O5/c1-15(24-16(11-8-9-13-23)19(27)29-21(2,3)4)18(26)25-14-10-12-17(25)20(28)30-22(5,6)7/h15-17,24H,8-14,23H2,1-7H3/t15?,16?,17-/m0/s1. The number of nitrogens with two attached hydrogens (primary N) is 1. The van der Waals surface area contributed by atoms with Gasteiger partial charge in [-0.25, -0.2) is 4.79 Å². The summed E-state index contributed by atoms with van der Waals surface area (Å²) in [5.41, 5.74) is 4.35. The molecule has 0 aromatic carbocycles. The lowest BCUT2D eigenvalue weighted by molar-refractivity contribution is -0.164. The first kappa shape index (κ1) is 26.4. The lowest BCUT2D eigenvalue weighted by Crippen LogP contribution is -2.54. The van der Waals surface area contributed by atoms with Crippen LogP contribution < -0.4 is 11.1 Å². The molecule has 1 aliphatic rings. The molecular formula is C22H41N3O5. The Kier molecular flexibility index (Phi) is 9.75. The minimum absolute atomic E-state index is 0.212. The molecule has 0 bridgehead atoms. The topological polar surface area (TPSA) is 111 Å². The minimum atomic E-state index is -0.636. The summed E-state index contributed by atoms with van der Waals surface area (Å²) in [6.45, 7) is 13.6. The summed E-state index contributed by atoms with van der Waals surface area (Å²) in [4.78, 5) is 39.8. The smallest absolute Gasteiger partial charge is 0.329 e. The molecule has 1 fully saturated rings. The molecule has 0 radical (unpaired) electrons. The number of ether oxygens (including phenoxy) is 2. The van der Waals surface area contributed by atoms with E-state index in [1.165, 1.54) is 0 Å². The number of likely N-dealkylation sites (tertiary alicyclic amines) is 1. The van der Waals surface area contributed by atoms with Gasteiger partial charge < -0.3 is 20.1 Å². The van der Waals surface area contributed by atoms with Crippen LogP contribution in [-0.4, -0.2) is 65.2 Å². The van der Waals surface area contributed by atoms with Crippen LogP contribution in [0.1, 0.15) is 80.6 Å². The number of esters is 2. The van der Waals surface area contributed by atoms with E-state index in [0.29, 0.717) is 25.9 Å². The molecule has 0 aliphatic carbocycles. The maximum atomic E-state index is 13.1. The van der Waals surface area contributed by atoms with Gasteiger partial charge in [-0.3, -0.25) is 14.9 Å². The molecule has 1 saturated heterocycles. The van der Waals surface area contributed by atoms with Crippen LogP contribution in [0.2, 0.25) is 0 Å². The van der Waals surface area contributed by atoms with Gasteiger partial charge in [0.1, 0.15) is 23.3 Å². The fourth-order valence-electron chi connectivity index (χ4n) is 3.40. The lowest BCUT2D eigenvalue weighted by Gasteiger charge is -2.31. The second-order valence-corrected chi connectivity index (χ2v) is 9.98. The molecule has 0 spiro atoms.